The van der Waals surface area contributed by atoms with Crippen LogP contribution in [0.4, 0.5) is 0 Å². The van der Waals surface area contributed by atoms with Crippen LogP contribution >= 0.6 is 0 Å². The van der Waals surface area contributed by atoms with Gasteiger partial charge in [-0.3, -0.25) is 14.4 Å². The van der Waals surface area contributed by atoms with Gasteiger partial charge in [0.05, 0.1) is 0 Å². The van der Waals surface area contributed by atoms with Crippen LogP contribution in [0.5, 0.6) is 0 Å². The fourth-order valence-electron chi connectivity index (χ4n) is 6.59. The van der Waals surface area contributed by atoms with E-state index in [0.717, 1.165) is 103 Å². The highest BCUT2D eigenvalue weighted by molar-refractivity contribution is 5.71. The second-order valence-corrected chi connectivity index (χ2v) is 16.0. The van der Waals surface area contributed by atoms with Gasteiger partial charge in [-0.1, -0.05) is 196 Å². The van der Waals surface area contributed by atoms with Crippen LogP contribution in [-0.4, -0.2) is 37.2 Å². The molecule has 1 unspecified atom stereocenters. The van der Waals surface area contributed by atoms with E-state index in [0.29, 0.717) is 19.3 Å². The van der Waals surface area contributed by atoms with Crippen LogP contribution in [0.2, 0.25) is 0 Å². The molecule has 338 valence electrons. The standard InChI is InChI=1S/C53H90O6/c1-4-7-10-13-16-19-22-25-26-27-29-31-34-37-40-43-46-52(55)58-49-50(48-57-51(54)45-42-39-36-33-30-24-21-18-15-12-9-6-3)59-53(56)47-44-41-38-35-32-28-23-20-17-14-11-8-5-2/h7,9-10,12,16,18-19,21,25-26,30,33,50H,4-6,8,11,13-15,17,20,22-24,27-29,31-32,34-49H2,1-3H3/b10-7-,12-9-,19-16-,21-18-,26-25-,33-30-. The van der Waals surface area contributed by atoms with Crippen molar-refractivity contribution in [1.82, 2.24) is 0 Å². The van der Waals surface area contributed by atoms with Crippen molar-refractivity contribution in [2.45, 2.75) is 232 Å². The topological polar surface area (TPSA) is 78.9 Å². The Bertz CT molecular complexity index is 1130. The lowest BCUT2D eigenvalue weighted by atomic mass is 10.0. The number of hydrogen-bond donors (Lipinski definition) is 0. The predicted octanol–water partition coefficient (Wildman–Crippen LogP) is 15.9. The lowest BCUT2D eigenvalue weighted by molar-refractivity contribution is -0.167. The minimum atomic E-state index is -0.793. The molecule has 0 amide bonds. The Hall–Kier alpha value is -3.15. The van der Waals surface area contributed by atoms with Gasteiger partial charge in [0.2, 0.25) is 0 Å². The molecule has 0 aliphatic carbocycles. The molecule has 0 radical (unpaired) electrons. The van der Waals surface area contributed by atoms with Crippen molar-refractivity contribution in [3.8, 4) is 0 Å². The van der Waals surface area contributed by atoms with Crippen LogP contribution in [0.15, 0.2) is 72.9 Å². The Morgan fingerprint density at radius 1 is 0.356 bits per heavy atom. The lowest BCUT2D eigenvalue weighted by Crippen LogP contribution is -2.30. The highest BCUT2D eigenvalue weighted by atomic mass is 16.6. The summed E-state index contributed by atoms with van der Waals surface area (Å²) in [6.07, 6.45) is 58.9. The Kier molecular flexibility index (Phi) is 45.0. The summed E-state index contributed by atoms with van der Waals surface area (Å²) in [5, 5.41) is 0. The molecule has 0 aromatic heterocycles. The summed E-state index contributed by atoms with van der Waals surface area (Å²) in [5.41, 5.74) is 0. The van der Waals surface area contributed by atoms with E-state index >= 15 is 0 Å². The second-order valence-electron chi connectivity index (χ2n) is 16.0. The van der Waals surface area contributed by atoms with E-state index < -0.39 is 6.10 Å². The zero-order chi connectivity index (χ0) is 43.0. The number of rotatable bonds is 43. The summed E-state index contributed by atoms with van der Waals surface area (Å²) in [5.74, 6) is -0.946. The molecule has 0 N–H and O–H groups in total. The molecule has 0 aliphatic rings. The van der Waals surface area contributed by atoms with Crippen molar-refractivity contribution in [1.29, 1.82) is 0 Å². The molecule has 0 fully saturated rings. The molecular weight excluding hydrogens is 733 g/mol. The largest absolute Gasteiger partial charge is 0.462 e. The van der Waals surface area contributed by atoms with Crippen LogP contribution < -0.4 is 0 Å². The minimum Gasteiger partial charge on any atom is -0.462 e. The normalized spacial score (nSPS) is 12.7. The van der Waals surface area contributed by atoms with Gasteiger partial charge >= 0.3 is 17.9 Å². The SMILES string of the molecule is CC/C=C\C/C=C\C/C=C\CCCCCCCCC(=O)OCC(COC(=O)CCCC/C=C\C/C=C\C/C=C\CC)OC(=O)CCCCCCCCCCCCCCC. The van der Waals surface area contributed by atoms with E-state index in [4.69, 9.17) is 14.2 Å². The molecule has 6 nitrogen and oxygen atoms in total. The van der Waals surface area contributed by atoms with Gasteiger partial charge < -0.3 is 14.2 Å². The maximum atomic E-state index is 12.8. The molecule has 59 heavy (non-hydrogen) atoms. The van der Waals surface area contributed by atoms with Crippen molar-refractivity contribution in [3.05, 3.63) is 72.9 Å². The third kappa shape index (κ3) is 45.8. The zero-order valence-electron chi connectivity index (χ0n) is 38.5. The van der Waals surface area contributed by atoms with Crippen molar-refractivity contribution in [2.75, 3.05) is 13.2 Å². The summed E-state index contributed by atoms with van der Waals surface area (Å²) in [7, 11) is 0. The Balaban J connectivity index is 4.43. The molecule has 0 rings (SSSR count). The summed E-state index contributed by atoms with van der Waals surface area (Å²) < 4.78 is 16.7. The van der Waals surface area contributed by atoms with Crippen LogP contribution in [0.25, 0.3) is 0 Å². The summed E-state index contributed by atoms with van der Waals surface area (Å²) in [6, 6.07) is 0. The number of carbonyl (C=O) groups excluding carboxylic acids is 3. The molecule has 6 heteroatoms. The van der Waals surface area contributed by atoms with Gasteiger partial charge in [-0.2, -0.15) is 0 Å². The molecule has 0 aliphatic heterocycles. The van der Waals surface area contributed by atoms with E-state index in [9.17, 15) is 14.4 Å². The Labute approximate surface area is 363 Å². The summed E-state index contributed by atoms with van der Waals surface area (Å²) in [6.45, 7) is 6.36. The fraction of sp³-hybridized carbons (Fsp3) is 0.717. The van der Waals surface area contributed by atoms with Crippen LogP contribution in [0.1, 0.15) is 226 Å². The van der Waals surface area contributed by atoms with Gasteiger partial charge in [0.25, 0.3) is 0 Å². The monoisotopic (exact) mass is 823 g/mol. The molecule has 0 aromatic rings. The van der Waals surface area contributed by atoms with Gasteiger partial charge in [-0.15, -0.1) is 0 Å². The number of carbonyl (C=O) groups is 3. The molecule has 0 saturated heterocycles. The Morgan fingerprint density at radius 2 is 0.661 bits per heavy atom. The average molecular weight is 823 g/mol. The summed E-state index contributed by atoms with van der Waals surface area (Å²) in [4.78, 5) is 37.9. The third-order valence-corrected chi connectivity index (χ3v) is 10.2. The van der Waals surface area contributed by atoms with Gasteiger partial charge in [0.15, 0.2) is 6.10 Å². The van der Waals surface area contributed by atoms with Crippen LogP contribution in [0, 0.1) is 0 Å². The maximum Gasteiger partial charge on any atom is 0.306 e. The average Bonchev–Trinajstić information content (AvgIpc) is 3.23. The van der Waals surface area contributed by atoms with Gasteiger partial charge in [-0.25, -0.2) is 0 Å². The predicted molar refractivity (Wildman–Crippen MR) is 251 cm³/mol. The molecule has 1 atom stereocenters. The number of esters is 3. The molecule has 0 heterocycles. The summed E-state index contributed by atoms with van der Waals surface area (Å²) >= 11 is 0. The minimum absolute atomic E-state index is 0.0934. The van der Waals surface area contributed by atoms with Crippen molar-refractivity contribution >= 4 is 17.9 Å². The van der Waals surface area contributed by atoms with Crippen molar-refractivity contribution in [2.24, 2.45) is 0 Å². The van der Waals surface area contributed by atoms with Gasteiger partial charge in [0.1, 0.15) is 13.2 Å². The van der Waals surface area contributed by atoms with E-state index in [1.165, 1.54) is 83.5 Å². The molecular formula is C53H90O6. The number of allylic oxidation sites excluding steroid dienone is 12. The third-order valence-electron chi connectivity index (χ3n) is 10.2. The molecule has 0 bridgehead atoms. The fourth-order valence-corrected chi connectivity index (χ4v) is 6.59. The zero-order valence-corrected chi connectivity index (χ0v) is 38.5. The van der Waals surface area contributed by atoms with Crippen LogP contribution in [-0.2, 0) is 28.6 Å². The van der Waals surface area contributed by atoms with Crippen LogP contribution in [0.3, 0.4) is 0 Å². The van der Waals surface area contributed by atoms with Gasteiger partial charge in [-0.05, 0) is 83.5 Å². The quantitative estimate of drug-likeness (QED) is 0.0264. The second kappa shape index (κ2) is 47.5. The number of unbranched alkanes of at least 4 members (excludes halogenated alkanes) is 20. The first-order valence-corrected chi connectivity index (χ1v) is 24.4. The van der Waals surface area contributed by atoms with Gasteiger partial charge in [0, 0.05) is 19.3 Å². The first kappa shape index (κ1) is 55.9. The number of hydrogen-bond acceptors (Lipinski definition) is 6. The van der Waals surface area contributed by atoms with Crippen molar-refractivity contribution < 1.29 is 28.6 Å². The first-order valence-electron chi connectivity index (χ1n) is 24.4. The highest BCUT2D eigenvalue weighted by Gasteiger charge is 2.19. The van der Waals surface area contributed by atoms with E-state index in [1.54, 1.807) is 0 Å². The highest BCUT2D eigenvalue weighted by Crippen LogP contribution is 2.14. The lowest BCUT2D eigenvalue weighted by Gasteiger charge is -2.18. The molecule has 0 saturated carbocycles. The van der Waals surface area contributed by atoms with E-state index in [1.807, 2.05) is 0 Å². The first-order chi connectivity index (χ1) is 29.0. The van der Waals surface area contributed by atoms with Crippen molar-refractivity contribution in [3.63, 3.8) is 0 Å². The smallest absolute Gasteiger partial charge is 0.306 e. The van der Waals surface area contributed by atoms with E-state index in [-0.39, 0.29) is 31.1 Å². The molecule has 0 spiro atoms. The molecule has 0 aromatic carbocycles. The maximum absolute atomic E-state index is 12.8. The Morgan fingerprint density at radius 3 is 1.07 bits per heavy atom. The number of ether oxygens (including phenoxy) is 3. The van der Waals surface area contributed by atoms with E-state index in [2.05, 4.69) is 93.7 Å².